The summed E-state index contributed by atoms with van der Waals surface area (Å²) in [5.74, 6) is 1.10. The molecule has 0 aliphatic carbocycles. The maximum Gasteiger partial charge on any atom is 0.283 e. The first-order valence-electron chi connectivity index (χ1n) is 9.75. The fourth-order valence-corrected chi connectivity index (χ4v) is 5.12. The molecule has 2 heterocycles. The second kappa shape index (κ2) is 10.5. The van der Waals surface area contributed by atoms with Gasteiger partial charge in [-0.1, -0.05) is 11.8 Å². The van der Waals surface area contributed by atoms with E-state index in [9.17, 15) is 13.2 Å². The van der Waals surface area contributed by atoms with Crippen LogP contribution in [0.3, 0.4) is 0 Å². The summed E-state index contributed by atoms with van der Waals surface area (Å²) in [7, 11) is -3.44. The maximum atomic E-state index is 13.1. The molecule has 0 amide bonds. The average Bonchev–Trinajstić information content (AvgIpc) is 3.22. The predicted molar refractivity (Wildman–Crippen MR) is 120 cm³/mol. The third-order valence-electron chi connectivity index (χ3n) is 4.30. The second-order valence-corrected chi connectivity index (χ2v) is 9.51. The molecular weight excluding hydrogens is 438 g/mol. The highest BCUT2D eigenvalue weighted by Gasteiger charge is 2.15. The summed E-state index contributed by atoms with van der Waals surface area (Å²) < 4.78 is 33.3. The van der Waals surface area contributed by atoms with Gasteiger partial charge in [0, 0.05) is 24.9 Å². The molecule has 3 aromatic rings. The summed E-state index contributed by atoms with van der Waals surface area (Å²) >= 11 is 1.32. The van der Waals surface area contributed by atoms with Crippen molar-refractivity contribution >= 4 is 32.8 Å². The van der Waals surface area contributed by atoms with Crippen LogP contribution in [0.2, 0.25) is 0 Å². The first-order chi connectivity index (χ1) is 14.9. The van der Waals surface area contributed by atoms with Crippen molar-refractivity contribution in [2.75, 3.05) is 24.7 Å². The van der Waals surface area contributed by atoms with Gasteiger partial charge in [-0.3, -0.25) is 9.36 Å². The molecule has 1 aromatic carbocycles. The van der Waals surface area contributed by atoms with E-state index in [2.05, 4.69) is 14.7 Å². The fourth-order valence-electron chi connectivity index (χ4n) is 2.91. The summed E-state index contributed by atoms with van der Waals surface area (Å²) in [6.45, 7) is 2.55. The van der Waals surface area contributed by atoms with Gasteiger partial charge in [0.25, 0.3) is 5.56 Å². The van der Waals surface area contributed by atoms with Crippen LogP contribution in [0.5, 0.6) is 5.75 Å². The normalized spacial score (nSPS) is 11.5. The minimum absolute atomic E-state index is 0.0644. The van der Waals surface area contributed by atoms with E-state index in [1.54, 1.807) is 36.5 Å². The van der Waals surface area contributed by atoms with Gasteiger partial charge < -0.3 is 9.72 Å². The molecule has 3 rings (SSSR count). The highest BCUT2D eigenvalue weighted by Crippen LogP contribution is 2.23. The van der Waals surface area contributed by atoms with Crippen LogP contribution >= 0.6 is 11.8 Å². The Hall–Kier alpha value is -2.81. The first kappa shape index (κ1) is 22.9. The van der Waals surface area contributed by atoms with Gasteiger partial charge in [0.15, 0.2) is 5.16 Å². The number of sulfonamides is 1. The SMILES string of the molecule is CCOc1ccc(-n2c(SCCCS(=O)(=O)NCCC#N)nc3cc[nH]c3c2=O)cc1. The van der Waals surface area contributed by atoms with Crippen LogP contribution in [0.15, 0.2) is 46.5 Å². The number of aromatic nitrogens is 3. The summed E-state index contributed by atoms with van der Waals surface area (Å²) in [6, 6.07) is 10.8. The van der Waals surface area contributed by atoms with Crippen molar-refractivity contribution in [2.45, 2.75) is 24.9 Å². The molecule has 0 atom stereocenters. The zero-order valence-corrected chi connectivity index (χ0v) is 18.6. The van der Waals surface area contributed by atoms with Crippen LogP contribution < -0.4 is 15.0 Å². The maximum absolute atomic E-state index is 13.1. The topological polar surface area (TPSA) is 130 Å². The molecule has 0 radical (unpaired) electrons. The number of rotatable bonds is 11. The van der Waals surface area contributed by atoms with Gasteiger partial charge in [-0.15, -0.1) is 0 Å². The van der Waals surface area contributed by atoms with E-state index < -0.39 is 10.0 Å². The van der Waals surface area contributed by atoms with Crippen LogP contribution in [-0.2, 0) is 10.0 Å². The minimum atomic E-state index is -3.44. The molecule has 0 saturated heterocycles. The molecule has 0 saturated carbocycles. The van der Waals surface area contributed by atoms with Crippen LogP contribution in [0.4, 0.5) is 0 Å². The summed E-state index contributed by atoms with van der Waals surface area (Å²) in [5, 5.41) is 9.00. The van der Waals surface area contributed by atoms with Gasteiger partial charge in [0.2, 0.25) is 10.0 Å². The Morgan fingerprint density at radius 1 is 1.29 bits per heavy atom. The highest BCUT2D eigenvalue weighted by molar-refractivity contribution is 7.99. The van der Waals surface area contributed by atoms with E-state index >= 15 is 0 Å². The van der Waals surface area contributed by atoms with E-state index in [0.29, 0.717) is 46.4 Å². The molecule has 0 aliphatic heterocycles. The lowest BCUT2D eigenvalue weighted by molar-refractivity contribution is 0.340. The number of hydrogen-bond donors (Lipinski definition) is 2. The molecule has 31 heavy (non-hydrogen) atoms. The lowest BCUT2D eigenvalue weighted by atomic mass is 10.3. The number of nitriles is 1. The van der Waals surface area contributed by atoms with Gasteiger partial charge in [0.1, 0.15) is 11.3 Å². The van der Waals surface area contributed by atoms with Crippen LogP contribution in [-0.4, -0.2) is 47.6 Å². The molecule has 0 aliphatic rings. The number of benzene rings is 1. The Kier molecular flexibility index (Phi) is 7.73. The zero-order valence-electron chi connectivity index (χ0n) is 17.0. The van der Waals surface area contributed by atoms with E-state index in [1.807, 2.05) is 13.0 Å². The summed E-state index contributed by atoms with van der Waals surface area (Å²) in [6.07, 6.45) is 2.16. The number of aromatic amines is 1. The largest absolute Gasteiger partial charge is 0.494 e. The third-order valence-corrected chi connectivity index (χ3v) is 6.80. The smallest absolute Gasteiger partial charge is 0.283 e. The van der Waals surface area contributed by atoms with Gasteiger partial charge in [-0.05, 0) is 43.7 Å². The monoisotopic (exact) mass is 461 g/mol. The molecular formula is C20H23N5O4S2. The Morgan fingerprint density at radius 3 is 2.77 bits per heavy atom. The van der Waals surface area contributed by atoms with Crippen molar-refractivity contribution in [2.24, 2.45) is 0 Å². The second-order valence-electron chi connectivity index (χ2n) is 6.52. The molecule has 2 aromatic heterocycles. The standard InChI is InChI=1S/C20H23N5O4S2/c1-2-29-16-7-5-15(6-8-16)25-19(26)18-17(9-12-22-18)24-20(25)30-13-4-14-31(27,28)23-11-3-10-21/h5-9,12,22-23H,2-4,11,13-14H2,1H3. The van der Waals surface area contributed by atoms with Crippen molar-refractivity contribution in [3.05, 3.63) is 46.9 Å². The fraction of sp³-hybridized carbons (Fsp3) is 0.350. The molecule has 9 nitrogen and oxygen atoms in total. The third kappa shape index (κ3) is 5.88. The summed E-state index contributed by atoms with van der Waals surface area (Å²) in [5.41, 5.74) is 1.38. The van der Waals surface area contributed by atoms with Gasteiger partial charge in [0.05, 0.1) is 29.6 Å². The Balaban J connectivity index is 1.79. The number of nitrogens with zero attached hydrogens (tertiary/aromatic N) is 3. The first-order valence-corrected chi connectivity index (χ1v) is 12.4. The quantitative estimate of drug-likeness (QED) is 0.255. The molecule has 0 bridgehead atoms. The van der Waals surface area contributed by atoms with E-state index in [-0.39, 0.29) is 24.3 Å². The number of ether oxygens (including phenoxy) is 1. The van der Waals surface area contributed by atoms with E-state index in [1.165, 1.54) is 16.3 Å². The van der Waals surface area contributed by atoms with Crippen molar-refractivity contribution in [3.63, 3.8) is 0 Å². The molecule has 164 valence electrons. The molecule has 2 N–H and O–H groups in total. The molecule has 11 heteroatoms. The average molecular weight is 462 g/mol. The zero-order chi connectivity index (χ0) is 22.3. The predicted octanol–water partition coefficient (Wildman–Crippen LogP) is 2.43. The Bertz CT molecular complexity index is 1230. The number of thioether (sulfide) groups is 1. The van der Waals surface area contributed by atoms with Gasteiger partial charge >= 0.3 is 0 Å². The van der Waals surface area contributed by atoms with Gasteiger partial charge in [-0.2, -0.15) is 5.26 Å². The lowest BCUT2D eigenvalue weighted by Gasteiger charge is -2.13. The van der Waals surface area contributed by atoms with Gasteiger partial charge in [-0.25, -0.2) is 18.1 Å². The Labute approximate surface area is 184 Å². The minimum Gasteiger partial charge on any atom is -0.494 e. The van der Waals surface area contributed by atoms with Crippen molar-refractivity contribution in [1.29, 1.82) is 5.26 Å². The van der Waals surface area contributed by atoms with Crippen molar-refractivity contribution < 1.29 is 13.2 Å². The Morgan fingerprint density at radius 2 is 2.06 bits per heavy atom. The van der Waals surface area contributed by atoms with Crippen molar-refractivity contribution in [1.82, 2.24) is 19.3 Å². The molecule has 0 spiro atoms. The number of nitrogens with one attached hydrogen (secondary N) is 2. The highest BCUT2D eigenvalue weighted by atomic mass is 32.2. The number of fused-ring (bicyclic) bond motifs is 1. The van der Waals surface area contributed by atoms with E-state index in [0.717, 1.165) is 0 Å². The van der Waals surface area contributed by atoms with Crippen LogP contribution in [0.25, 0.3) is 16.7 Å². The number of H-pyrrole nitrogens is 1. The van der Waals surface area contributed by atoms with Crippen LogP contribution in [0.1, 0.15) is 19.8 Å². The summed E-state index contributed by atoms with van der Waals surface area (Å²) in [4.78, 5) is 20.6. The number of hydrogen-bond acceptors (Lipinski definition) is 7. The van der Waals surface area contributed by atoms with E-state index in [4.69, 9.17) is 10.00 Å². The molecule has 0 fully saturated rings. The van der Waals surface area contributed by atoms with Crippen molar-refractivity contribution in [3.8, 4) is 17.5 Å². The van der Waals surface area contributed by atoms with Crippen LogP contribution in [0, 0.1) is 11.3 Å². The molecule has 0 unspecified atom stereocenters. The lowest BCUT2D eigenvalue weighted by Crippen LogP contribution is -2.27.